The largest absolute Gasteiger partial charge is 0.380 e. The van der Waals surface area contributed by atoms with Gasteiger partial charge in [0.15, 0.2) is 0 Å². The summed E-state index contributed by atoms with van der Waals surface area (Å²) in [6.45, 7) is 5.89. The van der Waals surface area contributed by atoms with Crippen molar-refractivity contribution in [2.75, 3.05) is 32.2 Å². The van der Waals surface area contributed by atoms with Gasteiger partial charge in [0, 0.05) is 12.5 Å². The van der Waals surface area contributed by atoms with Crippen LogP contribution in [0.15, 0.2) is 0 Å². The number of unbranched alkanes of at least 4 members (excludes halogenated alkanes) is 1. The van der Waals surface area contributed by atoms with E-state index in [4.69, 9.17) is 16.3 Å². The lowest BCUT2D eigenvalue weighted by atomic mass is 10.3. The van der Waals surface area contributed by atoms with Crippen molar-refractivity contribution in [3.05, 3.63) is 0 Å². The van der Waals surface area contributed by atoms with Crippen LogP contribution in [-0.4, -0.2) is 32.2 Å². The van der Waals surface area contributed by atoms with Crippen LogP contribution in [0.1, 0.15) is 26.2 Å². The molecule has 0 radical (unpaired) electrons. The Morgan fingerprint density at radius 1 is 1.17 bits per heavy atom. The van der Waals surface area contributed by atoms with Gasteiger partial charge in [0.05, 0.1) is 6.61 Å². The van der Waals surface area contributed by atoms with E-state index in [1.807, 2.05) is 0 Å². The molecule has 3 heteroatoms. The van der Waals surface area contributed by atoms with Crippen LogP contribution in [0.3, 0.4) is 0 Å². The minimum absolute atomic E-state index is 0.600. The van der Waals surface area contributed by atoms with Gasteiger partial charge in [0.25, 0.3) is 0 Å². The Balaban J connectivity index is 2.73. The summed E-state index contributed by atoms with van der Waals surface area (Å²) >= 11 is 5.44. The molecule has 0 aliphatic rings. The van der Waals surface area contributed by atoms with Crippen molar-refractivity contribution in [3.8, 4) is 0 Å². The summed E-state index contributed by atoms with van der Waals surface area (Å²) in [6.07, 6.45) is 3.61. The molecule has 0 rings (SSSR count). The zero-order chi connectivity index (χ0) is 9.07. The number of hydrogen-bond donors (Lipinski definition) is 1. The summed E-state index contributed by atoms with van der Waals surface area (Å²) in [7, 11) is 0. The Hall–Kier alpha value is 0.210. The quantitative estimate of drug-likeness (QED) is 0.447. The third kappa shape index (κ3) is 10.2. The molecule has 0 unspecified atom stereocenters. The molecular weight excluding hydrogens is 174 g/mol. The number of ether oxygens (including phenoxy) is 1. The third-order valence-corrected chi connectivity index (χ3v) is 1.73. The zero-order valence-electron chi connectivity index (χ0n) is 7.94. The minimum Gasteiger partial charge on any atom is -0.380 e. The van der Waals surface area contributed by atoms with E-state index >= 15 is 0 Å². The van der Waals surface area contributed by atoms with Gasteiger partial charge < -0.3 is 10.1 Å². The normalized spacial score (nSPS) is 10.5. The fourth-order valence-corrected chi connectivity index (χ4v) is 0.992. The minimum atomic E-state index is 0.600. The van der Waals surface area contributed by atoms with Crippen molar-refractivity contribution in [2.24, 2.45) is 0 Å². The molecule has 0 aliphatic carbocycles. The van der Waals surface area contributed by atoms with Gasteiger partial charge in [-0.3, -0.25) is 0 Å². The van der Waals surface area contributed by atoms with Crippen molar-refractivity contribution < 1.29 is 4.74 Å². The smallest absolute Gasteiger partial charge is 0.0601 e. The van der Waals surface area contributed by atoms with Crippen LogP contribution in [0.4, 0.5) is 0 Å². The first-order chi connectivity index (χ1) is 5.91. The van der Waals surface area contributed by atoms with Gasteiger partial charge in [0.2, 0.25) is 0 Å². The molecule has 12 heavy (non-hydrogen) atoms. The molecule has 0 amide bonds. The summed E-state index contributed by atoms with van der Waals surface area (Å²) in [5, 5.41) is 3.35. The Kier molecular flexibility index (Phi) is 11.4. The Bertz CT molecular complexity index is 70.9. The maximum Gasteiger partial charge on any atom is 0.0601 e. The van der Waals surface area contributed by atoms with Crippen LogP contribution in [0.5, 0.6) is 0 Å². The average Bonchev–Trinajstić information content (AvgIpc) is 2.10. The first-order valence-corrected chi connectivity index (χ1v) is 5.29. The molecule has 0 aromatic rings. The molecule has 0 fully saturated rings. The summed E-state index contributed by atoms with van der Waals surface area (Å²) < 4.78 is 5.22. The highest BCUT2D eigenvalue weighted by Crippen LogP contribution is 1.85. The molecule has 0 spiro atoms. The van der Waals surface area contributed by atoms with Crippen molar-refractivity contribution >= 4 is 11.6 Å². The van der Waals surface area contributed by atoms with E-state index in [1.165, 1.54) is 12.8 Å². The van der Waals surface area contributed by atoms with E-state index in [1.54, 1.807) is 0 Å². The standard InChI is InChI=1S/C9H20ClNO/c1-2-3-6-11-7-4-8-12-9-5-10/h11H,2-9H2,1H3. The number of halogens is 1. The van der Waals surface area contributed by atoms with Gasteiger partial charge in [-0.2, -0.15) is 0 Å². The van der Waals surface area contributed by atoms with Crippen LogP contribution in [0.2, 0.25) is 0 Å². The lowest BCUT2D eigenvalue weighted by Gasteiger charge is -2.03. The van der Waals surface area contributed by atoms with Crippen molar-refractivity contribution in [1.29, 1.82) is 0 Å². The fourth-order valence-electron chi connectivity index (χ4n) is 0.883. The first-order valence-electron chi connectivity index (χ1n) is 4.76. The molecular formula is C9H20ClNO. The SMILES string of the molecule is CCCCNCCCOCCCl. The lowest BCUT2D eigenvalue weighted by Crippen LogP contribution is -2.18. The maximum absolute atomic E-state index is 5.44. The molecule has 0 saturated heterocycles. The molecule has 0 atom stereocenters. The van der Waals surface area contributed by atoms with Crippen LogP contribution < -0.4 is 5.32 Å². The summed E-state index contributed by atoms with van der Waals surface area (Å²) in [5.74, 6) is 0.600. The molecule has 0 aliphatic heterocycles. The van der Waals surface area contributed by atoms with E-state index in [-0.39, 0.29) is 0 Å². The molecule has 0 saturated carbocycles. The van der Waals surface area contributed by atoms with E-state index in [0.717, 1.165) is 26.1 Å². The van der Waals surface area contributed by atoms with Crippen LogP contribution in [0, 0.1) is 0 Å². The molecule has 0 bridgehead atoms. The zero-order valence-corrected chi connectivity index (χ0v) is 8.70. The highest BCUT2D eigenvalue weighted by molar-refractivity contribution is 6.17. The predicted octanol–water partition coefficient (Wildman–Crippen LogP) is 2.02. The second-order valence-electron chi connectivity index (χ2n) is 2.76. The predicted molar refractivity (Wildman–Crippen MR) is 53.9 cm³/mol. The first kappa shape index (κ1) is 12.2. The molecule has 0 aromatic carbocycles. The molecule has 1 N–H and O–H groups in total. The van der Waals surface area contributed by atoms with E-state index in [9.17, 15) is 0 Å². The van der Waals surface area contributed by atoms with E-state index in [2.05, 4.69) is 12.2 Å². The van der Waals surface area contributed by atoms with Crippen LogP contribution in [-0.2, 0) is 4.74 Å². The summed E-state index contributed by atoms with van der Waals surface area (Å²) in [4.78, 5) is 0. The topological polar surface area (TPSA) is 21.3 Å². The number of alkyl halides is 1. The summed E-state index contributed by atoms with van der Waals surface area (Å²) in [6, 6.07) is 0. The second-order valence-corrected chi connectivity index (χ2v) is 3.14. The van der Waals surface area contributed by atoms with E-state index < -0.39 is 0 Å². The Morgan fingerprint density at radius 2 is 1.92 bits per heavy atom. The Labute approximate surface area is 80.6 Å². The van der Waals surface area contributed by atoms with Gasteiger partial charge in [-0.15, -0.1) is 11.6 Å². The summed E-state index contributed by atoms with van der Waals surface area (Å²) in [5.41, 5.74) is 0. The molecule has 0 aromatic heterocycles. The monoisotopic (exact) mass is 193 g/mol. The number of rotatable bonds is 9. The van der Waals surface area contributed by atoms with Crippen molar-refractivity contribution in [3.63, 3.8) is 0 Å². The van der Waals surface area contributed by atoms with E-state index in [0.29, 0.717) is 12.5 Å². The molecule has 74 valence electrons. The highest BCUT2D eigenvalue weighted by atomic mass is 35.5. The van der Waals surface area contributed by atoms with Crippen LogP contribution >= 0.6 is 11.6 Å². The van der Waals surface area contributed by atoms with Gasteiger partial charge in [-0.05, 0) is 25.9 Å². The third-order valence-electron chi connectivity index (χ3n) is 1.57. The lowest BCUT2D eigenvalue weighted by molar-refractivity contribution is 0.146. The van der Waals surface area contributed by atoms with Gasteiger partial charge in [0.1, 0.15) is 0 Å². The average molecular weight is 194 g/mol. The van der Waals surface area contributed by atoms with Gasteiger partial charge in [-0.25, -0.2) is 0 Å². The van der Waals surface area contributed by atoms with Gasteiger partial charge >= 0.3 is 0 Å². The fraction of sp³-hybridized carbons (Fsp3) is 1.00. The highest BCUT2D eigenvalue weighted by Gasteiger charge is 1.88. The Morgan fingerprint density at radius 3 is 2.58 bits per heavy atom. The molecule has 0 heterocycles. The molecule has 2 nitrogen and oxygen atoms in total. The number of hydrogen-bond acceptors (Lipinski definition) is 2. The van der Waals surface area contributed by atoms with Crippen molar-refractivity contribution in [2.45, 2.75) is 26.2 Å². The maximum atomic E-state index is 5.44. The van der Waals surface area contributed by atoms with Gasteiger partial charge in [-0.1, -0.05) is 13.3 Å². The number of nitrogens with one attached hydrogen (secondary N) is 1. The van der Waals surface area contributed by atoms with Crippen molar-refractivity contribution in [1.82, 2.24) is 5.32 Å². The second kappa shape index (κ2) is 11.2. The van der Waals surface area contributed by atoms with Crippen LogP contribution in [0.25, 0.3) is 0 Å².